The summed E-state index contributed by atoms with van der Waals surface area (Å²) in [5.74, 6) is 1.46. The monoisotopic (exact) mass is 363 g/mol. The molecule has 1 aliphatic carbocycles. The summed E-state index contributed by atoms with van der Waals surface area (Å²) in [7, 11) is 0. The Kier molecular flexibility index (Phi) is 6.24. The van der Waals surface area contributed by atoms with Crippen LogP contribution >= 0.6 is 11.6 Å². The van der Waals surface area contributed by atoms with E-state index >= 15 is 0 Å². The number of piperazine rings is 1. The maximum Gasteiger partial charge on any atom is 0.234 e. The van der Waals surface area contributed by atoms with Crippen LogP contribution in [-0.4, -0.2) is 49.6 Å². The molecular formula is C20H30ClN3O. The van der Waals surface area contributed by atoms with Gasteiger partial charge < -0.3 is 10.2 Å². The lowest BCUT2D eigenvalue weighted by Crippen LogP contribution is -2.52. The third-order valence-electron chi connectivity index (χ3n) is 5.99. The van der Waals surface area contributed by atoms with Gasteiger partial charge in [-0.25, -0.2) is 0 Å². The van der Waals surface area contributed by atoms with E-state index in [1.54, 1.807) is 0 Å². The second-order valence-corrected chi connectivity index (χ2v) is 8.06. The zero-order chi connectivity index (χ0) is 17.8. The topological polar surface area (TPSA) is 35.6 Å². The zero-order valence-corrected chi connectivity index (χ0v) is 16.1. The van der Waals surface area contributed by atoms with E-state index in [9.17, 15) is 4.79 Å². The van der Waals surface area contributed by atoms with Crippen LogP contribution in [0.5, 0.6) is 0 Å². The van der Waals surface area contributed by atoms with Crippen molar-refractivity contribution < 1.29 is 4.79 Å². The van der Waals surface area contributed by atoms with E-state index in [-0.39, 0.29) is 5.91 Å². The van der Waals surface area contributed by atoms with Crippen LogP contribution in [-0.2, 0) is 4.79 Å². The maximum atomic E-state index is 12.4. The fourth-order valence-corrected chi connectivity index (χ4v) is 4.35. The number of benzene rings is 1. The van der Waals surface area contributed by atoms with Gasteiger partial charge in [-0.05, 0) is 30.4 Å². The van der Waals surface area contributed by atoms with Crippen molar-refractivity contribution in [1.29, 1.82) is 0 Å². The minimum absolute atomic E-state index is 0.178. The van der Waals surface area contributed by atoms with Gasteiger partial charge in [0.1, 0.15) is 0 Å². The molecule has 5 heteroatoms. The average molecular weight is 364 g/mol. The lowest BCUT2D eigenvalue weighted by molar-refractivity contribution is -0.123. The van der Waals surface area contributed by atoms with E-state index in [0.29, 0.717) is 24.4 Å². The summed E-state index contributed by atoms with van der Waals surface area (Å²) in [5.41, 5.74) is 1.10. The first kappa shape index (κ1) is 18.5. The molecule has 1 amide bonds. The third kappa shape index (κ3) is 4.68. The lowest BCUT2D eigenvalue weighted by atomic mass is 9.78. The van der Waals surface area contributed by atoms with Gasteiger partial charge in [0.2, 0.25) is 5.91 Å². The molecule has 1 heterocycles. The van der Waals surface area contributed by atoms with Crippen LogP contribution in [0.2, 0.25) is 5.02 Å². The normalized spacial score (nSPS) is 28.0. The fraction of sp³-hybridized carbons (Fsp3) is 0.650. The molecule has 3 atom stereocenters. The van der Waals surface area contributed by atoms with Crippen molar-refractivity contribution in [3.8, 4) is 0 Å². The van der Waals surface area contributed by atoms with Crippen molar-refractivity contribution in [2.45, 2.75) is 39.2 Å². The second-order valence-electron chi connectivity index (χ2n) is 7.66. The number of hydrogen-bond donors (Lipinski definition) is 1. The quantitative estimate of drug-likeness (QED) is 0.890. The molecule has 2 fully saturated rings. The number of para-hydroxylation sites is 1. The van der Waals surface area contributed by atoms with Crippen LogP contribution < -0.4 is 10.2 Å². The zero-order valence-electron chi connectivity index (χ0n) is 15.4. The Morgan fingerprint density at radius 1 is 1.16 bits per heavy atom. The van der Waals surface area contributed by atoms with Gasteiger partial charge in [-0.1, -0.05) is 50.4 Å². The highest BCUT2D eigenvalue weighted by atomic mass is 35.5. The number of nitrogens with one attached hydrogen (secondary N) is 1. The summed E-state index contributed by atoms with van der Waals surface area (Å²) in [6.45, 7) is 8.70. The van der Waals surface area contributed by atoms with Crippen molar-refractivity contribution in [3.05, 3.63) is 29.3 Å². The molecule has 1 N–H and O–H groups in total. The molecule has 1 aliphatic heterocycles. The van der Waals surface area contributed by atoms with Crippen LogP contribution in [0.15, 0.2) is 24.3 Å². The first-order valence-electron chi connectivity index (χ1n) is 9.56. The molecule has 1 saturated heterocycles. The summed E-state index contributed by atoms with van der Waals surface area (Å²) in [6, 6.07) is 8.33. The molecule has 1 aromatic rings. The van der Waals surface area contributed by atoms with Gasteiger partial charge in [0.05, 0.1) is 17.3 Å². The van der Waals surface area contributed by atoms with Gasteiger partial charge in [0.25, 0.3) is 0 Å². The Morgan fingerprint density at radius 3 is 2.60 bits per heavy atom. The van der Waals surface area contributed by atoms with Crippen LogP contribution in [0.1, 0.15) is 33.1 Å². The molecule has 1 saturated carbocycles. The van der Waals surface area contributed by atoms with Gasteiger partial charge in [0, 0.05) is 32.2 Å². The Labute approximate surface area is 156 Å². The Bertz CT molecular complexity index is 586. The van der Waals surface area contributed by atoms with E-state index in [1.807, 2.05) is 18.2 Å². The van der Waals surface area contributed by atoms with Crippen LogP contribution in [0.25, 0.3) is 0 Å². The summed E-state index contributed by atoms with van der Waals surface area (Å²) in [6.07, 6.45) is 3.64. The molecule has 3 rings (SSSR count). The molecule has 0 spiro atoms. The van der Waals surface area contributed by atoms with E-state index < -0.39 is 0 Å². The minimum Gasteiger partial charge on any atom is -0.368 e. The summed E-state index contributed by atoms with van der Waals surface area (Å²) < 4.78 is 0. The standard InChI is InChI=1S/C20H30ClN3O/c1-15-6-5-8-18(16(15)2)22-20(25)14-23-10-12-24(13-11-23)19-9-4-3-7-17(19)21/h3-4,7,9,15-16,18H,5-6,8,10-14H2,1-2H3,(H,22,25)/t15-,16+,18+/m0/s1. The molecule has 0 unspecified atom stereocenters. The Hall–Kier alpha value is -1.26. The number of carbonyl (C=O) groups is 1. The number of rotatable bonds is 4. The number of nitrogens with zero attached hydrogens (tertiary/aromatic N) is 2. The number of carbonyl (C=O) groups excluding carboxylic acids is 1. The highest BCUT2D eigenvalue weighted by Gasteiger charge is 2.29. The highest BCUT2D eigenvalue weighted by Crippen LogP contribution is 2.29. The predicted octanol–water partition coefficient (Wildman–Crippen LogP) is 3.40. The molecule has 0 bridgehead atoms. The van der Waals surface area contributed by atoms with E-state index in [0.717, 1.165) is 43.3 Å². The molecule has 138 valence electrons. The van der Waals surface area contributed by atoms with Crippen molar-refractivity contribution in [1.82, 2.24) is 10.2 Å². The van der Waals surface area contributed by atoms with Crippen molar-refractivity contribution in [3.63, 3.8) is 0 Å². The van der Waals surface area contributed by atoms with Crippen molar-refractivity contribution in [2.75, 3.05) is 37.6 Å². The number of amides is 1. The molecule has 4 nitrogen and oxygen atoms in total. The largest absolute Gasteiger partial charge is 0.368 e. The van der Waals surface area contributed by atoms with Crippen LogP contribution in [0.4, 0.5) is 5.69 Å². The second kappa shape index (κ2) is 8.41. The molecule has 25 heavy (non-hydrogen) atoms. The number of anilines is 1. The van der Waals surface area contributed by atoms with Gasteiger partial charge >= 0.3 is 0 Å². The first-order chi connectivity index (χ1) is 12.0. The van der Waals surface area contributed by atoms with Gasteiger partial charge in [-0.15, -0.1) is 0 Å². The predicted molar refractivity (Wildman–Crippen MR) is 104 cm³/mol. The van der Waals surface area contributed by atoms with Crippen molar-refractivity contribution >= 4 is 23.2 Å². The summed E-state index contributed by atoms with van der Waals surface area (Å²) in [4.78, 5) is 17.0. The van der Waals surface area contributed by atoms with E-state index in [4.69, 9.17) is 11.6 Å². The number of hydrogen-bond acceptors (Lipinski definition) is 3. The van der Waals surface area contributed by atoms with Gasteiger partial charge in [-0.2, -0.15) is 0 Å². The van der Waals surface area contributed by atoms with Gasteiger partial charge in [-0.3, -0.25) is 9.69 Å². The Balaban J connectivity index is 1.46. The van der Waals surface area contributed by atoms with Crippen molar-refractivity contribution in [2.24, 2.45) is 11.8 Å². The average Bonchev–Trinajstić information content (AvgIpc) is 2.60. The van der Waals surface area contributed by atoms with Crippen LogP contribution in [0, 0.1) is 11.8 Å². The third-order valence-corrected chi connectivity index (χ3v) is 6.31. The highest BCUT2D eigenvalue weighted by molar-refractivity contribution is 6.33. The maximum absolute atomic E-state index is 12.4. The SMILES string of the molecule is C[C@@H]1[C@@H](C)CCC[C@H]1NC(=O)CN1CCN(c2ccccc2Cl)CC1. The van der Waals surface area contributed by atoms with E-state index in [1.165, 1.54) is 12.8 Å². The first-order valence-corrected chi connectivity index (χ1v) is 9.93. The smallest absolute Gasteiger partial charge is 0.234 e. The van der Waals surface area contributed by atoms with Gasteiger partial charge in [0.15, 0.2) is 0 Å². The molecular weight excluding hydrogens is 334 g/mol. The lowest BCUT2D eigenvalue weighted by Gasteiger charge is -2.37. The molecule has 1 aromatic carbocycles. The minimum atomic E-state index is 0.178. The number of halogens is 1. The fourth-order valence-electron chi connectivity index (χ4n) is 4.10. The summed E-state index contributed by atoms with van der Waals surface area (Å²) in [5, 5.41) is 4.08. The molecule has 0 aromatic heterocycles. The summed E-state index contributed by atoms with van der Waals surface area (Å²) >= 11 is 6.29. The van der Waals surface area contributed by atoms with Crippen LogP contribution in [0.3, 0.4) is 0 Å². The Morgan fingerprint density at radius 2 is 1.88 bits per heavy atom. The molecule has 0 radical (unpaired) electrons. The van der Waals surface area contributed by atoms with E-state index in [2.05, 4.69) is 35.0 Å². The molecule has 2 aliphatic rings.